The van der Waals surface area contributed by atoms with Gasteiger partial charge in [-0.25, -0.2) is 0 Å². The molecule has 0 fully saturated rings. The van der Waals surface area contributed by atoms with Gasteiger partial charge in [0.05, 0.1) is 16.4 Å². The largest absolute Gasteiger partial charge is 0.456 e. The third-order valence-electron chi connectivity index (χ3n) is 14.6. The summed E-state index contributed by atoms with van der Waals surface area (Å²) in [6.07, 6.45) is 0. The van der Waals surface area contributed by atoms with Gasteiger partial charge in [-0.05, 0) is 134 Å². The highest BCUT2D eigenvalue weighted by Crippen LogP contribution is 2.57. The third kappa shape index (κ3) is 6.15. The zero-order valence-electron chi connectivity index (χ0n) is 38.2. The zero-order valence-corrected chi connectivity index (χ0v) is 38.2. The van der Waals surface area contributed by atoms with Crippen LogP contribution in [0.25, 0.3) is 82.8 Å². The van der Waals surface area contributed by atoms with Crippen LogP contribution in [-0.4, -0.2) is 4.57 Å². The molecule has 2 aromatic heterocycles. The van der Waals surface area contributed by atoms with Gasteiger partial charge < -0.3 is 13.9 Å². The van der Waals surface area contributed by atoms with E-state index in [2.05, 4.69) is 264 Å². The molecule has 0 saturated carbocycles. The molecule has 14 rings (SSSR count). The summed E-state index contributed by atoms with van der Waals surface area (Å²) in [5, 5.41) is 4.69. The number of aromatic nitrogens is 1. The summed E-state index contributed by atoms with van der Waals surface area (Å²) < 4.78 is 8.65. The molecular formula is C67H44N2O. The maximum atomic E-state index is 6.24. The number of benzene rings is 11. The number of para-hydroxylation sites is 3. The second-order valence-electron chi connectivity index (χ2n) is 18.4. The van der Waals surface area contributed by atoms with E-state index in [-0.39, 0.29) is 0 Å². The Morgan fingerprint density at radius 2 is 0.886 bits per heavy atom. The quantitative estimate of drug-likeness (QED) is 0.152. The Hall–Kier alpha value is -9.18. The monoisotopic (exact) mass is 892 g/mol. The SMILES string of the molecule is c1ccc(N(c2cccc(-c3cccc(-c4ccc5c6ccccc6n(-c6ccc7oc8ccccc8c7c6)c5c4)c3)c2)c2ccc3c(c2)C(c2ccccc2)(c2ccccc2)c2ccccc2-3)cc1. The highest BCUT2D eigenvalue weighted by atomic mass is 16.3. The molecule has 1 aliphatic carbocycles. The zero-order chi connectivity index (χ0) is 46.2. The first kappa shape index (κ1) is 39.9. The second-order valence-corrected chi connectivity index (χ2v) is 18.4. The minimum absolute atomic E-state index is 0.505. The molecule has 0 atom stereocenters. The van der Waals surface area contributed by atoms with E-state index in [1.54, 1.807) is 0 Å². The van der Waals surface area contributed by atoms with E-state index in [1.807, 2.05) is 12.1 Å². The fraction of sp³-hybridized carbons (Fsp3) is 0.0149. The average molecular weight is 893 g/mol. The lowest BCUT2D eigenvalue weighted by Crippen LogP contribution is -2.28. The van der Waals surface area contributed by atoms with Crippen LogP contribution in [0.2, 0.25) is 0 Å². The minimum atomic E-state index is -0.505. The lowest BCUT2D eigenvalue weighted by atomic mass is 9.67. The van der Waals surface area contributed by atoms with Crippen molar-refractivity contribution >= 4 is 60.8 Å². The predicted molar refractivity (Wildman–Crippen MR) is 291 cm³/mol. The van der Waals surface area contributed by atoms with E-state index in [9.17, 15) is 0 Å². The van der Waals surface area contributed by atoms with E-state index in [0.717, 1.165) is 72.5 Å². The Morgan fingerprint density at radius 3 is 1.67 bits per heavy atom. The highest BCUT2D eigenvalue weighted by molar-refractivity contribution is 6.11. The van der Waals surface area contributed by atoms with Crippen LogP contribution >= 0.6 is 0 Å². The van der Waals surface area contributed by atoms with Crippen LogP contribution in [0.1, 0.15) is 22.3 Å². The second kappa shape index (κ2) is 16.0. The summed E-state index contributed by atoms with van der Waals surface area (Å²) in [6.45, 7) is 0. The number of nitrogens with zero attached hydrogens (tertiary/aromatic N) is 2. The lowest BCUT2D eigenvalue weighted by Gasteiger charge is -2.35. The molecule has 13 aromatic rings. The van der Waals surface area contributed by atoms with Gasteiger partial charge in [-0.15, -0.1) is 0 Å². The lowest BCUT2D eigenvalue weighted by molar-refractivity contribution is 0.669. The topological polar surface area (TPSA) is 21.3 Å². The average Bonchev–Trinajstić information content (AvgIpc) is 4.07. The molecule has 0 amide bonds. The summed E-state index contributed by atoms with van der Waals surface area (Å²) >= 11 is 0. The van der Waals surface area contributed by atoms with E-state index in [0.29, 0.717) is 0 Å². The van der Waals surface area contributed by atoms with Gasteiger partial charge in [0.15, 0.2) is 0 Å². The van der Waals surface area contributed by atoms with Gasteiger partial charge in [-0.1, -0.05) is 188 Å². The molecule has 0 saturated heterocycles. The van der Waals surface area contributed by atoms with E-state index in [4.69, 9.17) is 4.42 Å². The molecule has 0 bridgehead atoms. The Kier molecular flexibility index (Phi) is 9.11. The molecule has 1 aliphatic rings. The Balaban J connectivity index is 0.887. The van der Waals surface area contributed by atoms with Gasteiger partial charge in [-0.3, -0.25) is 0 Å². The van der Waals surface area contributed by atoms with Crippen LogP contribution in [0.4, 0.5) is 17.1 Å². The van der Waals surface area contributed by atoms with Gasteiger partial charge in [-0.2, -0.15) is 0 Å². The molecule has 70 heavy (non-hydrogen) atoms. The molecular weight excluding hydrogens is 849 g/mol. The number of hydrogen-bond acceptors (Lipinski definition) is 2. The number of anilines is 3. The first-order valence-electron chi connectivity index (χ1n) is 24.1. The smallest absolute Gasteiger partial charge is 0.135 e. The fourth-order valence-corrected chi connectivity index (χ4v) is 11.6. The summed E-state index contributed by atoms with van der Waals surface area (Å²) in [7, 11) is 0. The minimum Gasteiger partial charge on any atom is -0.456 e. The van der Waals surface area contributed by atoms with E-state index in [1.165, 1.54) is 49.7 Å². The van der Waals surface area contributed by atoms with E-state index < -0.39 is 5.41 Å². The van der Waals surface area contributed by atoms with Crippen LogP contribution in [0.5, 0.6) is 0 Å². The summed E-state index contributed by atoms with van der Waals surface area (Å²) in [5.74, 6) is 0. The molecule has 328 valence electrons. The molecule has 0 unspecified atom stereocenters. The number of furan rings is 1. The van der Waals surface area contributed by atoms with Crippen molar-refractivity contribution in [2.45, 2.75) is 5.41 Å². The van der Waals surface area contributed by atoms with Crippen molar-refractivity contribution in [1.29, 1.82) is 0 Å². The van der Waals surface area contributed by atoms with Crippen LogP contribution in [0, 0.1) is 0 Å². The molecule has 0 aliphatic heterocycles. The van der Waals surface area contributed by atoms with Crippen LogP contribution in [0.15, 0.2) is 271 Å². The predicted octanol–water partition coefficient (Wildman–Crippen LogP) is 17.8. The van der Waals surface area contributed by atoms with Crippen LogP contribution in [-0.2, 0) is 5.41 Å². The molecule has 3 heteroatoms. The van der Waals surface area contributed by atoms with Crippen molar-refractivity contribution in [3.63, 3.8) is 0 Å². The molecule has 3 nitrogen and oxygen atoms in total. The van der Waals surface area contributed by atoms with Gasteiger partial charge in [0.1, 0.15) is 11.2 Å². The molecule has 0 N–H and O–H groups in total. The van der Waals surface area contributed by atoms with Crippen molar-refractivity contribution in [1.82, 2.24) is 4.57 Å². The standard InChI is InChI=1S/C67H44N2O/c1-4-21-49(22-5-1)67(50-23-6-2-7-24-50)61-31-13-10-28-55(61)56-38-35-54(44-62(56)67)68(51-25-8-3-9-26-51)52-27-17-20-47(41-52)45-18-16-19-46(40-45)48-34-37-58-57-29-11-14-32-63(57)69(64(58)42-48)53-36-39-66-60(43-53)59-30-12-15-33-65(59)70-66/h1-44H. The van der Waals surface area contributed by atoms with Crippen molar-refractivity contribution < 1.29 is 4.42 Å². The van der Waals surface area contributed by atoms with Crippen LogP contribution < -0.4 is 4.90 Å². The van der Waals surface area contributed by atoms with Gasteiger partial charge >= 0.3 is 0 Å². The molecule has 0 radical (unpaired) electrons. The third-order valence-corrected chi connectivity index (χ3v) is 14.6. The Labute approximate surface area is 406 Å². The normalized spacial score (nSPS) is 12.7. The van der Waals surface area contributed by atoms with Crippen molar-refractivity contribution in [2.24, 2.45) is 0 Å². The number of hydrogen-bond donors (Lipinski definition) is 0. The van der Waals surface area contributed by atoms with E-state index >= 15 is 0 Å². The van der Waals surface area contributed by atoms with Crippen LogP contribution in [0.3, 0.4) is 0 Å². The first-order chi connectivity index (χ1) is 34.7. The van der Waals surface area contributed by atoms with Crippen molar-refractivity contribution in [3.8, 4) is 39.1 Å². The van der Waals surface area contributed by atoms with Gasteiger partial charge in [0.2, 0.25) is 0 Å². The summed E-state index contributed by atoms with van der Waals surface area (Å²) in [5.41, 5.74) is 20.3. The number of fused-ring (bicyclic) bond motifs is 9. The maximum absolute atomic E-state index is 6.24. The maximum Gasteiger partial charge on any atom is 0.135 e. The Morgan fingerprint density at radius 1 is 0.314 bits per heavy atom. The fourth-order valence-electron chi connectivity index (χ4n) is 11.6. The highest BCUT2D eigenvalue weighted by Gasteiger charge is 2.46. The Bertz CT molecular complexity index is 4090. The van der Waals surface area contributed by atoms with Crippen molar-refractivity contribution in [3.05, 3.63) is 289 Å². The number of rotatable bonds is 8. The van der Waals surface area contributed by atoms with Gasteiger partial charge in [0.25, 0.3) is 0 Å². The summed E-state index contributed by atoms with van der Waals surface area (Å²) in [6, 6.07) is 97.4. The summed E-state index contributed by atoms with van der Waals surface area (Å²) in [4.78, 5) is 2.41. The van der Waals surface area contributed by atoms with Crippen molar-refractivity contribution in [2.75, 3.05) is 4.90 Å². The first-order valence-corrected chi connectivity index (χ1v) is 24.1. The van der Waals surface area contributed by atoms with Gasteiger partial charge in [0, 0.05) is 44.3 Å². The molecule has 0 spiro atoms. The molecule has 11 aromatic carbocycles. The molecule has 2 heterocycles.